The highest BCUT2D eigenvalue weighted by atomic mass is 14.2. The van der Waals surface area contributed by atoms with E-state index in [1.165, 1.54) is 88.0 Å². The zero-order valence-corrected chi connectivity index (χ0v) is 26.5. The van der Waals surface area contributed by atoms with Crippen molar-refractivity contribution >= 4 is 32.3 Å². The summed E-state index contributed by atoms with van der Waals surface area (Å²) in [6, 6.07) is 70.7. The molecule has 0 heterocycles. The summed E-state index contributed by atoms with van der Waals surface area (Å²) in [6.07, 6.45) is 0. The Labute approximate surface area is 281 Å². The minimum atomic E-state index is 1.20. The maximum absolute atomic E-state index is 2.38. The molecule has 0 bridgehead atoms. The van der Waals surface area contributed by atoms with Crippen molar-refractivity contribution in [3.05, 3.63) is 194 Å². The number of benzene rings is 9. The molecule has 0 aliphatic carbocycles. The third-order valence-corrected chi connectivity index (χ3v) is 9.62. The van der Waals surface area contributed by atoms with Crippen molar-refractivity contribution in [3.8, 4) is 55.6 Å². The van der Waals surface area contributed by atoms with Gasteiger partial charge in [-0.2, -0.15) is 0 Å². The Kier molecular flexibility index (Phi) is 6.91. The van der Waals surface area contributed by atoms with E-state index >= 15 is 0 Å². The number of fused-ring (bicyclic) bond motifs is 3. The molecule has 0 fully saturated rings. The second-order valence-electron chi connectivity index (χ2n) is 12.5. The highest BCUT2D eigenvalue weighted by Crippen LogP contribution is 2.46. The molecule has 0 aromatic heterocycles. The first-order valence-corrected chi connectivity index (χ1v) is 16.6. The molecule has 9 rings (SSSR count). The lowest BCUT2D eigenvalue weighted by atomic mass is 9.84. The number of rotatable bonds is 5. The molecule has 0 amide bonds. The molecule has 0 saturated heterocycles. The highest BCUT2D eigenvalue weighted by Gasteiger charge is 2.18. The van der Waals surface area contributed by atoms with Gasteiger partial charge in [-0.15, -0.1) is 0 Å². The lowest BCUT2D eigenvalue weighted by molar-refractivity contribution is 1.56. The first-order chi connectivity index (χ1) is 23.8. The van der Waals surface area contributed by atoms with E-state index in [4.69, 9.17) is 0 Å². The van der Waals surface area contributed by atoms with Gasteiger partial charge in [-0.3, -0.25) is 0 Å². The predicted molar refractivity (Wildman–Crippen MR) is 206 cm³/mol. The van der Waals surface area contributed by atoms with Crippen molar-refractivity contribution in [2.75, 3.05) is 0 Å². The Bertz CT molecular complexity index is 2470. The van der Waals surface area contributed by atoms with Gasteiger partial charge >= 0.3 is 0 Å². The summed E-state index contributed by atoms with van der Waals surface area (Å²) in [5.41, 5.74) is 12.3. The molecule has 0 atom stereocenters. The molecule has 0 radical (unpaired) electrons. The summed E-state index contributed by atoms with van der Waals surface area (Å²) >= 11 is 0. The van der Waals surface area contributed by atoms with E-state index in [0.717, 1.165) is 0 Å². The maximum atomic E-state index is 2.38. The van der Waals surface area contributed by atoms with Gasteiger partial charge in [0, 0.05) is 0 Å². The average Bonchev–Trinajstić information content (AvgIpc) is 3.17. The van der Waals surface area contributed by atoms with Crippen LogP contribution >= 0.6 is 0 Å². The van der Waals surface area contributed by atoms with Crippen molar-refractivity contribution in [1.82, 2.24) is 0 Å². The van der Waals surface area contributed by atoms with Gasteiger partial charge in [0.05, 0.1) is 0 Å². The minimum Gasteiger partial charge on any atom is -0.0622 e. The lowest BCUT2D eigenvalue weighted by Gasteiger charge is -2.19. The van der Waals surface area contributed by atoms with E-state index in [9.17, 15) is 0 Å². The summed E-state index contributed by atoms with van der Waals surface area (Å²) in [4.78, 5) is 0. The Balaban J connectivity index is 1.28. The Hall–Kier alpha value is -6.24. The average molecular weight is 609 g/mol. The van der Waals surface area contributed by atoms with Crippen LogP contribution in [0.4, 0.5) is 0 Å². The molecule has 0 aliphatic rings. The molecule has 9 aromatic carbocycles. The van der Waals surface area contributed by atoms with Crippen molar-refractivity contribution in [3.63, 3.8) is 0 Å². The summed E-state index contributed by atoms with van der Waals surface area (Å²) in [5, 5.41) is 7.60. The maximum Gasteiger partial charge on any atom is -0.00201 e. The van der Waals surface area contributed by atoms with Gasteiger partial charge in [0.15, 0.2) is 0 Å². The molecule has 0 spiro atoms. The van der Waals surface area contributed by atoms with Crippen LogP contribution in [0.15, 0.2) is 194 Å². The van der Waals surface area contributed by atoms with Gasteiger partial charge in [0.2, 0.25) is 0 Å². The van der Waals surface area contributed by atoms with E-state index in [2.05, 4.69) is 194 Å². The molecule has 224 valence electrons. The van der Waals surface area contributed by atoms with E-state index in [-0.39, 0.29) is 0 Å². The monoisotopic (exact) mass is 608 g/mol. The summed E-state index contributed by atoms with van der Waals surface area (Å²) in [7, 11) is 0. The number of hydrogen-bond donors (Lipinski definition) is 0. The molecular weight excluding hydrogens is 577 g/mol. The summed E-state index contributed by atoms with van der Waals surface area (Å²) in [6.45, 7) is 0. The van der Waals surface area contributed by atoms with Crippen LogP contribution in [0.5, 0.6) is 0 Å². The van der Waals surface area contributed by atoms with Crippen LogP contribution < -0.4 is 0 Å². The largest absolute Gasteiger partial charge is 0.0622 e. The van der Waals surface area contributed by atoms with Crippen molar-refractivity contribution in [1.29, 1.82) is 0 Å². The van der Waals surface area contributed by atoms with Crippen molar-refractivity contribution in [2.24, 2.45) is 0 Å². The van der Waals surface area contributed by atoms with Crippen LogP contribution in [-0.2, 0) is 0 Å². The molecule has 0 unspecified atom stereocenters. The van der Waals surface area contributed by atoms with Crippen LogP contribution in [0.1, 0.15) is 0 Å². The van der Waals surface area contributed by atoms with Crippen LogP contribution in [0.2, 0.25) is 0 Å². The normalized spacial score (nSPS) is 11.3. The molecule has 48 heavy (non-hydrogen) atoms. The summed E-state index contributed by atoms with van der Waals surface area (Å²) in [5.74, 6) is 0. The minimum absolute atomic E-state index is 1.20. The molecular formula is C48H32. The van der Waals surface area contributed by atoms with Crippen molar-refractivity contribution < 1.29 is 0 Å². The molecule has 0 heteroatoms. The lowest BCUT2D eigenvalue weighted by Crippen LogP contribution is -1.92. The first-order valence-electron chi connectivity index (χ1n) is 16.6. The fraction of sp³-hybridized carbons (Fsp3) is 0. The number of hydrogen-bond acceptors (Lipinski definition) is 0. The topological polar surface area (TPSA) is 0 Å². The van der Waals surface area contributed by atoms with E-state index < -0.39 is 0 Å². The molecule has 0 saturated carbocycles. The van der Waals surface area contributed by atoms with Crippen molar-refractivity contribution in [2.45, 2.75) is 0 Å². The SMILES string of the molecule is c1ccc(-c2cc(-c3ccccc3)cc(-c3cccc(-c4c5ccccc5c(-c5cccc6ccccc56)c5ccccc45)c3)c2)cc1. The Morgan fingerprint density at radius 1 is 0.208 bits per heavy atom. The summed E-state index contributed by atoms with van der Waals surface area (Å²) < 4.78 is 0. The van der Waals surface area contributed by atoms with E-state index in [1.54, 1.807) is 0 Å². The van der Waals surface area contributed by atoms with Gasteiger partial charge in [0.25, 0.3) is 0 Å². The predicted octanol–water partition coefficient (Wildman–Crippen LogP) is 13.5. The van der Waals surface area contributed by atoms with Crippen LogP contribution in [-0.4, -0.2) is 0 Å². The van der Waals surface area contributed by atoms with Crippen LogP contribution in [0, 0.1) is 0 Å². The third kappa shape index (κ3) is 4.87. The van der Waals surface area contributed by atoms with E-state index in [0.29, 0.717) is 0 Å². The van der Waals surface area contributed by atoms with Gasteiger partial charge in [-0.25, -0.2) is 0 Å². The molecule has 9 aromatic rings. The van der Waals surface area contributed by atoms with Gasteiger partial charge in [-0.05, 0) is 112 Å². The van der Waals surface area contributed by atoms with Gasteiger partial charge in [0.1, 0.15) is 0 Å². The fourth-order valence-electron chi connectivity index (χ4n) is 7.42. The second kappa shape index (κ2) is 11.8. The Morgan fingerprint density at radius 2 is 0.583 bits per heavy atom. The Morgan fingerprint density at radius 3 is 1.17 bits per heavy atom. The zero-order valence-electron chi connectivity index (χ0n) is 26.5. The van der Waals surface area contributed by atoms with E-state index in [1.807, 2.05) is 0 Å². The van der Waals surface area contributed by atoms with Gasteiger partial charge < -0.3 is 0 Å². The third-order valence-electron chi connectivity index (χ3n) is 9.62. The standard InChI is InChI=1S/C48H32/c1-3-15-33(16-4-1)38-30-39(34-17-5-2-6-18-34)32-40(31-38)36-21-13-22-37(29-36)47-43-24-9-11-26-45(43)48(46-27-12-10-25-44(46)47)42-28-14-20-35-19-7-8-23-41(35)42/h1-32H. The van der Waals surface area contributed by atoms with Crippen LogP contribution in [0.3, 0.4) is 0 Å². The first kappa shape index (κ1) is 28.0. The fourth-order valence-corrected chi connectivity index (χ4v) is 7.42. The van der Waals surface area contributed by atoms with Crippen LogP contribution in [0.25, 0.3) is 88.0 Å². The highest BCUT2D eigenvalue weighted by molar-refractivity contribution is 6.23. The molecule has 0 N–H and O–H groups in total. The zero-order chi connectivity index (χ0) is 31.9. The second-order valence-corrected chi connectivity index (χ2v) is 12.5. The quantitative estimate of drug-likeness (QED) is 0.171. The molecule has 0 nitrogen and oxygen atoms in total. The molecule has 0 aliphatic heterocycles. The smallest absolute Gasteiger partial charge is 0.00201 e. The van der Waals surface area contributed by atoms with Gasteiger partial charge in [-0.1, -0.05) is 170 Å².